The number of aromatic nitrogens is 2. The van der Waals surface area contributed by atoms with Gasteiger partial charge in [-0.2, -0.15) is 0 Å². The smallest absolute Gasteiger partial charge is 0.307 e. The number of rotatable bonds is 12. The fourth-order valence-corrected chi connectivity index (χ4v) is 4.13. The molecule has 0 saturated heterocycles. The molecule has 36 heavy (non-hydrogen) atoms. The zero-order chi connectivity index (χ0) is 25.3. The molecule has 7 nitrogen and oxygen atoms in total. The van der Waals surface area contributed by atoms with Gasteiger partial charge in [0.1, 0.15) is 17.3 Å². The lowest BCUT2D eigenvalue weighted by molar-refractivity contribution is -0.143. The van der Waals surface area contributed by atoms with Crippen LogP contribution in [-0.4, -0.2) is 34.8 Å². The second-order valence-corrected chi connectivity index (χ2v) is 8.73. The number of nitrogens with zero attached hydrogens (tertiary/aromatic N) is 2. The first-order valence-electron chi connectivity index (χ1n) is 12.3. The second kappa shape index (κ2) is 12.2. The molecule has 2 N–H and O–H groups in total. The number of carbonyl (C=O) groups is 1. The van der Waals surface area contributed by atoms with E-state index in [1.54, 1.807) is 13.2 Å². The Morgan fingerprint density at radius 3 is 2.61 bits per heavy atom. The molecule has 0 aliphatic rings. The Labute approximate surface area is 211 Å². The molecule has 4 aromatic rings. The van der Waals surface area contributed by atoms with E-state index in [9.17, 15) is 4.79 Å². The van der Waals surface area contributed by atoms with Crippen molar-refractivity contribution in [3.05, 3.63) is 84.4 Å². The molecule has 0 fully saturated rings. The van der Waals surface area contributed by atoms with E-state index in [-0.39, 0.29) is 18.4 Å². The van der Waals surface area contributed by atoms with Crippen LogP contribution in [0.25, 0.3) is 22.7 Å². The Morgan fingerprint density at radius 2 is 1.86 bits per heavy atom. The van der Waals surface area contributed by atoms with E-state index in [0.29, 0.717) is 26.2 Å². The summed E-state index contributed by atoms with van der Waals surface area (Å²) in [6, 6.07) is 19.9. The van der Waals surface area contributed by atoms with Crippen LogP contribution in [-0.2, 0) is 16.1 Å². The fourth-order valence-electron chi connectivity index (χ4n) is 4.13. The van der Waals surface area contributed by atoms with Crippen LogP contribution in [0.2, 0.25) is 0 Å². The van der Waals surface area contributed by atoms with E-state index in [2.05, 4.69) is 34.7 Å². The topological polar surface area (TPSA) is 92.5 Å². The molecule has 0 unspecified atom stereocenters. The van der Waals surface area contributed by atoms with E-state index >= 15 is 0 Å². The third kappa shape index (κ3) is 6.43. The molecule has 0 radical (unpaired) electrons. The first-order chi connectivity index (χ1) is 17.5. The standard InChI is InChI=1S/C29H33N3O4/c1-3-34-28(33)18-25(30)9-6-16-36-27-10-5-4-8-24(27)20-32-21(2)19-31-29(32)23-14-12-22(13-15-23)26-11-7-17-35-26/h4-5,7-8,10-15,17,19,25H,3,6,9,16,18,20,30H2,1-2H3/t25-/m1/s1. The summed E-state index contributed by atoms with van der Waals surface area (Å²) in [5, 5.41) is 0. The van der Waals surface area contributed by atoms with E-state index < -0.39 is 0 Å². The van der Waals surface area contributed by atoms with Gasteiger partial charge in [-0.3, -0.25) is 4.79 Å². The predicted octanol–water partition coefficient (Wildman–Crippen LogP) is 5.61. The van der Waals surface area contributed by atoms with Gasteiger partial charge in [0.25, 0.3) is 0 Å². The predicted molar refractivity (Wildman–Crippen MR) is 140 cm³/mol. The third-order valence-corrected chi connectivity index (χ3v) is 6.02. The van der Waals surface area contributed by atoms with Gasteiger partial charge in [0.2, 0.25) is 0 Å². The third-order valence-electron chi connectivity index (χ3n) is 6.02. The average molecular weight is 488 g/mol. The largest absolute Gasteiger partial charge is 0.493 e. The van der Waals surface area contributed by atoms with Gasteiger partial charge in [-0.25, -0.2) is 4.98 Å². The highest BCUT2D eigenvalue weighted by atomic mass is 16.5. The fraction of sp³-hybridized carbons (Fsp3) is 0.310. The number of esters is 1. The van der Waals surface area contributed by atoms with E-state index in [1.807, 2.05) is 48.7 Å². The van der Waals surface area contributed by atoms with Gasteiger partial charge in [-0.1, -0.05) is 42.5 Å². The van der Waals surface area contributed by atoms with Crippen LogP contribution in [0.3, 0.4) is 0 Å². The Balaban J connectivity index is 1.40. The quantitative estimate of drug-likeness (QED) is 0.206. The molecular formula is C29H33N3O4. The number of hydrogen-bond donors (Lipinski definition) is 1. The zero-order valence-corrected chi connectivity index (χ0v) is 20.9. The van der Waals surface area contributed by atoms with Gasteiger partial charge in [0.15, 0.2) is 0 Å². The number of carbonyl (C=O) groups excluding carboxylic acids is 1. The normalized spacial score (nSPS) is 11.9. The summed E-state index contributed by atoms with van der Waals surface area (Å²) in [7, 11) is 0. The number of benzene rings is 2. The van der Waals surface area contributed by atoms with Crippen molar-refractivity contribution in [1.29, 1.82) is 0 Å². The molecule has 0 aliphatic heterocycles. The molecule has 2 aromatic carbocycles. The number of furan rings is 1. The molecule has 0 amide bonds. The van der Waals surface area contributed by atoms with Crippen molar-refractivity contribution < 1.29 is 18.7 Å². The van der Waals surface area contributed by atoms with Gasteiger partial charge in [0, 0.05) is 34.6 Å². The number of imidazole rings is 1. The second-order valence-electron chi connectivity index (χ2n) is 8.73. The van der Waals surface area contributed by atoms with Crippen LogP contribution in [0, 0.1) is 6.92 Å². The van der Waals surface area contributed by atoms with Gasteiger partial charge in [-0.05, 0) is 44.9 Å². The van der Waals surface area contributed by atoms with Crippen LogP contribution in [0.5, 0.6) is 5.75 Å². The van der Waals surface area contributed by atoms with Gasteiger partial charge in [-0.15, -0.1) is 0 Å². The lowest BCUT2D eigenvalue weighted by Crippen LogP contribution is -2.25. The molecule has 0 bridgehead atoms. The van der Waals surface area contributed by atoms with Crippen molar-refractivity contribution in [2.24, 2.45) is 5.73 Å². The summed E-state index contributed by atoms with van der Waals surface area (Å²) in [4.78, 5) is 16.3. The first kappa shape index (κ1) is 25.3. The van der Waals surface area contributed by atoms with Crippen molar-refractivity contribution in [3.8, 4) is 28.5 Å². The van der Waals surface area contributed by atoms with Crippen molar-refractivity contribution >= 4 is 5.97 Å². The molecule has 0 spiro atoms. The molecule has 0 aliphatic carbocycles. The summed E-state index contributed by atoms with van der Waals surface area (Å²) in [6.07, 6.45) is 5.25. The molecular weight excluding hydrogens is 454 g/mol. The molecule has 0 saturated carbocycles. The Hall–Kier alpha value is -3.84. The Morgan fingerprint density at radius 1 is 1.08 bits per heavy atom. The van der Waals surface area contributed by atoms with E-state index in [0.717, 1.165) is 46.1 Å². The maximum Gasteiger partial charge on any atom is 0.307 e. The summed E-state index contributed by atoms with van der Waals surface area (Å²) in [6.45, 7) is 5.39. The number of aryl methyl sites for hydroxylation is 1. The van der Waals surface area contributed by atoms with Crippen LogP contribution in [0.4, 0.5) is 0 Å². The average Bonchev–Trinajstić information content (AvgIpc) is 3.54. The van der Waals surface area contributed by atoms with Gasteiger partial charge < -0.3 is 24.2 Å². The minimum Gasteiger partial charge on any atom is -0.493 e. The number of nitrogens with two attached hydrogens (primary N) is 1. The van der Waals surface area contributed by atoms with Crippen LogP contribution < -0.4 is 10.5 Å². The highest BCUT2D eigenvalue weighted by Crippen LogP contribution is 2.27. The van der Waals surface area contributed by atoms with Crippen LogP contribution in [0.1, 0.15) is 37.4 Å². The lowest BCUT2D eigenvalue weighted by atomic mass is 10.1. The SMILES string of the molecule is CCOC(=O)C[C@H](N)CCCOc1ccccc1Cn1c(C)cnc1-c1ccc(-c2ccco2)cc1. The molecule has 2 aromatic heterocycles. The van der Waals surface area contributed by atoms with E-state index in [4.69, 9.17) is 19.6 Å². The zero-order valence-electron chi connectivity index (χ0n) is 20.9. The minimum atomic E-state index is -0.252. The van der Waals surface area contributed by atoms with Crippen molar-refractivity contribution in [2.75, 3.05) is 13.2 Å². The molecule has 1 atom stereocenters. The Bertz CT molecular complexity index is 1250. The molecule has 7 heteroatoms. The van der Waals surface area contributed by atoms with Crippen LogP contribution >= 0.6 is 0 Å². The maximum absolute atomic E-state index is 11.6. The Kier molecular flexibility index (Phi) is 8.57. The van der Waals surface area contributed by atoms with Crippen LogP contribution in [0.15, 0.2) is 77.5 Å². The lowest BCUT2D eigenvalue weighted by Gasteiger charge is -2.16. The maximum atomic E-state index is 11.6. The molecule has 4 rings (SSSR count). The highest BCUT2D eigenvalue weighted by molar-refractivity contribution is 5.70. The van der Waals surface area contributed by atoms with Crippen molar-refractivity contribution in [3.63, 3.8) is 0 Å². The van der Waals surface area contributed by atoms with Crippen molar-refractivity contribution in [1.82, 2.24) is 9.55 Å². The number of hydrogen-bond acceptors (Lipinski definition) is 6. The molecule has 2 heterocycles. The number of para-hydroxylation sites is 1. The summed E-state index contributed by atoms with van der Waals surface area (Å²) < 4.78 is 18.8. The summed E-state index contributed by atoms with van der Waals surface area (Å²) in [5.74, 6) is 2.33. The van der Waals surface area contributed by atoms with E-state index in [1.165, 1.54) is 0 Å². The monoisotopic (exact) mass is 487 g/mol. The highest BCUT2D eigenvalue weighted by Gasteiger charge is 2.14. The molecule has 188 valence electrons. The van der Waals surface area contributed by atoms with Gasteiger partial charge >= 0.3 is 5.97 Å². The minimum absolute atomic E-state index is 0.224. The van der Waals surface area contributed by atoms with Gasteiger partial charge in [0.05, 0.1) is 32.4 Å². The number of ether oxygens (including phenoxy) is 2. The van der Waals surface area contributed by atoms with Crippen molar-refractivity contribution in [2.45, 2.75) is 45.7 Å². The summed E-state index contributed by atoms with van der Waals surface area (Å²) >= 11 is 0. The first-order valence-corrected chi connectivity index (χ1v) is 12.3. The summed E-state index contributed by atoms with van der Waals surface area (Å²) in [5.41, 5.74) is 10.3.